The molecule has 1 aliphatic heterocycles. The number of hydrogen-bond donors (Lipinski definition) is 0. The van der Waals surface area contributed by atoms with Gasteiger partial charge in [-0.05, 0) is 19.8 Å². The third-order valence-corrected chi connectivity index (χ3v) is 3.65. The number of nitrogens with zero attached hydrogens (tertiary/aromatic N) is 1. The molecule has 1 heterocycles. The van der Waals surface area contributed by atoms with E-state index in [1.807, 2.05) is 6.92 Å². The van der Waals surface area contributed by atoms with Crippen molar-refractivity contribution in [3.8, 4) is 0 Å². The van der Waals surface area contributed by atoms with Crippen LogP contribution in [0.2, 0.25) is 0 Å². The molecule has 1 aliphatic rings. The molecular formula is C7H13NO2S. The van der Waals surface area contributed by atoms with E-state index in [-0.39, 0.29) is 6.04 Å². The molecule has 0 bridgehead atoms. The summed E-state index contributed by atoms with van der Waals surface area (Å²) in [4.78, 5) is 0. The summed E-state index contributed by atoms with van der Waals surface area (Å²) in [5.74, 6) is 0. The zero-order valence-corrected chi connectivity index (χ0v) is 7.47. The highest BCUT2D eigenvalue weighted by atomic mass is 32.2. The van der Waals surface area contributed by atoms with Crippen molar-refractivity contribution in [2.24, 2.45) is 0 Å². The molecule has 1 atom stereocenters. The van der Waals surface area contributed by atoms with Gasteiger partial charge in [0.1, 0.15) is 0 Å². The normalized spacial score (nSPS) is 27.2. The molecule has 11 heavy (non-hydrogen) atoms. The predicted molar refractivity (Wildman–Crippen MR) is 44.5 cm³/mol. The van der Waals surface area contributed by atoms with Gasteiger partial charge in [-0.3, -0.25) is 0 Å². The predicted octanol–water partition coefficient (Wildman–Crippen LogP) is 0.944. The fraction of sp³-hybridized carbons (Fsp3) is 0.714. The topological polar surface area (TPSA) is 37.4 Å². The van der Waals surface area contributed by atoms with Gasteiger partial charge in [-0.25, -0.2) is 8.42 Å². The molecule has 0 amide bonds. The van der Waals surface area contributed by atoms with E-state index >= 15 is 0 Å². The molecule has 1 unspecified atom stereocenters. The Bertz CT molecular complexity index is 245. The average Bonchev–Trinajstić information content (AvgIpc) is 2.36. The molecule has 0 aromatic heterocycles. The molecule has 0 radical (unpaired) electrons. The van der Waals surface area contributed by atoms with Crippen molar-refractivity contribution >= 4 is 10.0 Å². The first-order valence-corrected chi connectivity index (χ1v) is 5.22. The third kappa shape index (κ3) is 1.62. The highest BCUT2D eigenvalue weighted by Crippen LogP contribution is 2.20. The second-order valence-corrected chi connectivity index (χ2v) is 4.65. The molecule has 0 aromatic carbocycles. The van der Waals surface area contributed by atoms with Crippen molar-refractivity contribution < 1.29 is 8.42 Å². The van der Waals surface area contributed by atoms with Gasteiger partial charge in [0, 0.05) is 18.0 Å². The lowest BCUT2D eigenvalue weighted by molar-refractivity contribution is 0.414. The van der Waals surface area contributed by atoms with Crippen molar-refractivity contribution in [2.45, 2.75) is 25.8 Å². The van der Waals surface area contributed by atoms with Crippen LogP contribution in [0.1, 0.15) is 19.8 Å². The molecule has 0 spiro atoms. The maximum atomic E-state index is 11.2. The lowest BCUT2D eigenvalue weighted by atomic mass is 10.3. The molecule has 0 aliphatic carbocycles. The summed E-state index contributed by atoms with van der Waals surface area (Å²) >= 11 is 0. The molecular weight excluding hydrogens is 162 g/mol. The summed E-state index contributed by atoms with van der Waals surface area (Å²) in [5, 5.41) is 1.02. The highest BCUT2D eigenvalue weighted by molar-refractivity contribution is 7.92. The van der Waals surface area contributed by atoms with Crippen LogP contribution in [-0.2, 0) is 10.0 Å². The standard InChI is InChI=1S/C7H13NO2S/c1-3-11(9,10)8-6-4-5-7(8)2/h3,7H,1,4-6H2,2H3. The third-order valence-electron chi connectivity index (χ3n) is 2.03. The van der Waals surface area contributed by atoms with Gasteiger partial charge >= 0.3 is 0 Å². The Hall–Kier alpha value is -0.350. The van der Waals surface area contributed by atoms with Crippen molar-refractivity contribution in [1.82, 2.24) is 4.31 Å². The Morgan fingerprint density at radius 2 is 2.27 bits per heavy atom. The first-order chi connectivity index (χ1) is 5.08. The molecule has 64 valence electrons. The van der Waals surface area contributed by atoms with Crippen LogP contribution >= 0.6 is 0 Å². The molecule has 1 fully saturated rings. The first-order valence-electron chi connectivity index (χ1n) is 3.72. The fourth-order valence-electron chi connectivity index (χ4n) is 1.38. The second-order valence-electron chi connectivity index (χ2n) is 2.81. The van der Waals surface area contributed by atoms with Crippen LogP contribution in [-0.4, -0.2) is 25.3 Å². The van der Waals surface area contributed by atoms with E-state index in [1.54, 1.807) is 0 Å². The van der Waals surface area contributed by atoms with E-state index in [9.17, 15) is 8.42 Å². The SMILES string of the molecule is C=CS(=O)(=O)N1CCCC1C. The van der Waals surface area contributed by atoms with Gasteiger partial charge in [0.25, 0.3) is 0 Å². The lowest BCUT2D eigenvalue weighted by Gasteiger charge is -2.17. The van der Waals surface area contributed by atoms with Crippen molar-refractivity contribution in [2.75, 3.05) is 6.54 Å². The van der Waals surface area contributed by atoms with Crippen LogP contribution in [0.5, 0.6) is 0 Å². The highest BCUT2D eigenvalue weighted by Gasteiger charge is 2.28. The zero-order valence-electron chi connectivity index (χ0n) is 6.66. The summed E-state index contributed by atoms with van der Waals surface area (Å²) in [6, 6.07) is 0.151. The molecule has 0 aromatic rings. The summed E-state index contributed by atoms with van der Waals surface area (Å²) in [6.45, 7) is 5.85. The van der Waals surface area contributed by atoms with Gasteiger partial charge in [0.2, 0.25) is 10.0 Å². The molecule has 1 rings (SSSR count). The number of sulfonamides is 1. The quantitative estimate of drug-likeness (QED) is 0.626. The Balaban J connectivity index is 2.83. The maximum absolute atomic E-state index is 11.2. The second kappa shape index (κ2) is 2.95. The van der Waals surface area contributed by atoms with Crippen molar-refractivity contribution in [1.29, 1.82) is 0 Å². The fourth-order valence-corrected chi connectivity index (χ4v) is 2.56. The first kappa shape index (κ1) is 8.74. The van der Waals surface area contributed by atoms with Crippen LogP contribution in [0.25, 0.3) is 0 Å². The summed E-state index contributed by atoms with van der Waals surface area (Å²) < 4.78 is 23.9. The minimum absolute atomic E-state index is 0.151. The minimum atomic E-state index is -3.15. The molecule has 0 saturated carbocycles. The van der Waals surface area contributed by atoms with E-state index in [4.69, 9.17) is 0 Å². The zero-order chi connectivity index (χ0) is 8.48. The van der Waals surface area contributed by atoms with Gasteiger partial charge in [0.15, 0.2) is 0 Å². The summed E-state index contributed by atoms with van der Waals surface area (Å²) in [6.07, 6.45) is 1.93. The smallest absolute Gasteiger partial charge is 0.208 e. The van der Waals surface area contributed by atoms with Gasteiger partial charge in [0.05, 0.1) is 0 Å². The monoisotopic (exact) mass is 175 g/mol. The van der Waals surface area contributed by atoms with Crippen molar-refractivity contribution in [3.63, 3.8) is 0 Å². The molecule has 1 saturated heterocycles. The van der Waals surface area contributed by atoms with Crippen LogP contribution in [0, 0.1) is 0 Å². The molecule has 3 nitrogen and oxygen atoms in total. The minimum Gasteiger partial charge on any atom is -0.208 e. The van der Waals surface area contributed by atoms with Crippen LogP contribution < -0.4 is 0 Å². The van der Waals surface area contributed by atoms with Crippen LogP contribution in [0.3, 0.4) is 0 Å². The number of hydrogen-bond acceptors (Lipinski definition) is 2. The Morgan fingerprint density at radius 1 is 1.64 bits per heavy atom. The molecule has 4 heteroatoms. The Labute approximate surface area is 67.8 Å². The maximum Gasteiger partial charge on any atom is 0.235 e. The average molecular weight is 175 g/mol. The van der Waals surface area contributed by atoms with Crippen molar-refractivity contribution in [3.05, 3.63) is 12.0 Å². The summed E-state index contributed by atoms with van der Waals surface area (Å²) in [5.41, 5.74) is 0. The van der Waals surface area contributed by atoms with E-state index in [0.717, 1.165) is 18.2 Å². The largest absolute Gasteiger partial charge is 0.235 e. The van der Waals surface area contributed by atoms with Crippen LogP contribution in [0.15, 0.2) is 12.0 Å². The Morgan fingerprint density at radius 3 is 2.64 bits per heavy atom. The van der Waals surface area contributed by atoms with E-state index in [0.29, 0.717) is 6.54 Å². The lowest BCUT2D eigenvalue weighted by Crippen LogP contribution is -2.31. The van der Waals surface area contributed by atoms with Gasteiger partial charge in [-0.1, -0.05) is 6.58 Å². The van der Waals surface area contributed by atoms with Gasteiger partial charge in [-0.2, -0.15) is 4.31 Å². The van der Waals surface area contributed by atoms with Crippen LogP contribution in [0.4, 0.5) is 0 Å². The number of rotatable bonds is 2. The Kier molecular flexibility index (Phi) is 2.34. The summed E-state index contributed by atoms with van der Waals surface area (Å²) in [7, 11) is -3.15. The van der Waals surface area contributed by atoms with Gasteiger partial charge < -0.3 is 0 Å². The van der Waals surface area contributed by atoms with E-state index in [1.165, 1.54) is 4.31 Å². The molecule has 0 N–H and O–H groups in total. The van der Waals surface area contributed by atoms with E-state index in [2.05, 4.69) is 6.58 Å². The van der Waals surface area contributed by atoms with E-state index < -0.39 is 10.0 Å². The van der Waals surface area contributed by atoms with Gasteiger partial charge in [-0.15, -0.1) is 0 Å².